The normalized spacial score (nSPS) is 17.7. The zero-order valence-electron chi connectivity index (χ0n) is 23.0. The smallest absolute Gasteiger partial charge is 0.257 e. The molecule has 1 atom stereocenters. The number of anilines is 2. The van der Waals surface area contributed by atoms with Crippen molar-refractivity contribution in [1.82, 2.24) is 19.5 Å². The van der Waals surface area contributed by atoms with Crippen molar-refractivity contribution in [2.45, 2.75) is 65.0 Å². The Kier molecular flexibility index (Phi) is 7.92. The molecule has 0 spiro atoms. The highest BCUT2D eigenvalue weighted by Gasteiger charge is 2.27. The average molecular weight is 508 g/mol. The number of hydrogen-bond donors (Lipinski definition) is 2. The second-order valence-electron chi connectivity index (χ2n) is 10.8. The van der Waals surface area contributed by atoms with E-state index in [4.69, 9.17) is 20.6 Å². The fourth-order valence-electron chi connectivity index (χ4n) is 4.88. The molecule has 1 aliphatic heterocycles. The lowest BCUT2D eigenvalue weighted by Gasteiger charge is -2.27. The first-order chi connectivity index (χ1) is 17.6. The van der Waals surface area contributed by atoms with Gasteiger partial charge in [-0.25, -0.2) is 4.98 Å². The number of rotatable bonds is 4. The van der Waals surface area contributed by atoms with E-state index in [0.717, 1.165) is 54.3 Å². The fourth-order valence-corrected chi connectivity index (χ4v) is 4.88. The van der Waals surface area contributed by atoms with E-state index < -0.39 is 0 Å². The Hall–Kier alpha value is -3.33. The molecule has 2 bridgehead atoms. The van der Waals surface area contributed by atoms with Crippen molar-refractivity contribution in [3.8, 4) is 5.75 Å². The van der Waals surface area contributed by atoms with Gasteiger partial charge in [0, 0.05) is 44.4 Å². The van der Waals surface area contributed by atoms with Crippen molar-refractivity contribution in [3.05, 3.63) is 47.2 Å². The summed E-state index contributed by atoms with van der Waals surface area (Å²) in [7, 11) is 3.94. The Balaban J connectivity index is 1.82. The summed E-state index contributed by atoms with van der Waals surface area (Å²) in [5.74, 6) is 2.34. The maximum absolute atomic E-state index is 13.6. The number of benzene rings is 1. The largest absolute Gasteiger partial charge is 0.493 e. The SMILES string of the molecule is CC[C@H]1c2cc3nc(NCC(C)(C)N)c(C)c(n3n2)N(C)CCCCCOc2ccccc2C(=O)N1C. The van der Waals surface area contributed by atoms with Crippen molar-refractivity contribution in [2.75, 3.05) is 44.0 Å². The molecule has 0 radical (unpaired) electrons. The average Bonchev–Trinajstić information content (AvgIpc) is 3.26. The minimum absolute atomic E-state index is 0.0828. The van der Waals surface area contributed by atoms with Gasteiger partial charge < -0.3 is 25.6 Å². The number of para-hydroxylation sites is 1. The van der Waals surface area contributed by atoms with Crippen LogP contribution in [0.1, 0.15) is 74.1 Å². The van der Waals surface area contributed by atoms with E-state index in [-0.39, 0.29) is 17.5 Å². The number of hydrogen-bond acceptors (Lipinski definition) is 7. The van der Waals surface area contributed by atoms with Crippen molar-refractivity contribution < 1.29 is 9.53 Å². The number of carbonyl (C=O) groups is 1. The van der Waals surface area contributed by atoms with Crippen LogP contribution in [0.2, 0.25) is 0 Å². The molecule has 9 heteroatoms. The molecule has 1 aliphatic rings. The summed E-state index contributed by atoms with van der Waals surface area (Å²) >= 11 is 0. The molecular weight excluding hydrogens is 466 g/mol. The molecule has 0 saturated carbocycles. The molecule has 1 amide bonds. The second kappa shape index (κ2) is 11.0. The highest BCUT2D eigenvalue weighted by atomic mass is 16.5. The van der Waals surface area contributed by atoms with Crippen LogP contribution in [0, 0.1) is 6.92 Å². The van der Waals surface area contributed by atoms with Gasteiger partial charge in [-0.3, -0.25) is 4.79 Å². The minimum atomic E-state index is -0.376. The van der Waals surface area contributed by atoms with E-state index in [0.29, 0.717) is 30.9 Å². The summed E-state index contributed by atoms with van der Waals surface area (Å²) in [6, 6.07) is 9.28. The monoisotopic (exact) mass is 507 g/mol. The Morgan fingerprint density at radius 1 is 1.19 bits per heavy atom. The highest BCUT2D eigenvalue weighted by Crippen LogP contribution is 2.32. The number of ether oxygens (including phenoxy) is 1. The van der Waals surface area contributed by atoms with Crippen LogP contribution in [0.5, 0.6) is 5.75 Å². The molecule has 0 unspecified atom stereocenters. The Bertz CT molecular complexity index is 1250. The summed E-state index contributed by atoms with van der Waals surface area (Å²) in [5.41, 5.74) is 9.01. The molecule has 4 rings (SSSR count). The molecule has 0 fully saturated rings. The second-order valence-corrected chi connectivity index (χ2v) is 10.8. The minimum Gasteiger partial charge on any atom is -0.493 e. The van der Waals surface area contributed by atoms with Gasteiger partial charge >= 0.3 is 0 Å². The molecule has 200 valence electrons. The van der Waals surface area contributed by atoms with E-state index in [2.05, 4.69) is 31.1 Å². The third kappa shape index (κ3) is 5.82. The van der Waals surface area contributed by atoms with E-state index in [1.165, 1.54) is 0 Å². The lowest BCUT2D eigenvalue weighted by Crippen LogP contribution is -2.40. The predicted molar refractivity (Wildman–Crippen MR) is 149 cm³/mol. The molecule has 0 saturated heterocycles. The summed E-state index contributed by atoms with van der Waals surface area (Å²) in [6.45, 7) is 10.2. The first-order valence-electron chi connectivity index (χ1n) is 13.2. The summed E-state index contributed by atoms with van der Waals surface area (Å²) < 4.78 is 7.99. The zero-order valence-corrected chi connectivity index (χ0v) is 23.0. The van der Waals surface area contributed by atoms with Crippen molar-refractivity contribution in [1.29, 1.82) is 0 Å². The van der Waals surface area contributed by atoms with Gasteiger partial charge in [0.2, 0.25) is 0 Å². The van der Waals surface area contributed by atoms with Crippen LogP contribution in [0.4, 0.5) is 11.6 Å². The maximum atomic E-state index is 13.6. The predicted octanol–water partition coefficient (Wildman–Crippen LogP) is 4.41. The topological polar surface area (TPSA) is 101 Å². The number of nitrogens with two attached hydrogens (primary N) is 1. The molecule has 3 N–H and O–H groups in total. The first kappa shape index (κ1) is 26.7. The van der Waals surface area contributed by atoms with Gasteiger partial charge in [-0.15, -0.1) is 0 Å². The maximum Gasteiger partial charge on any atom is 0.257 e. The van der Waals surface area contributed by atoms with E-state index in [1.54, 1.807) is 4.90 Å². The van der Waals surface area contributed by atoms with E-state index in [9.17, 15) is 4.79 Å². The van der Waals surface area contributed by atoms with Crippen LogP contribution < -0.4 is 20.7 Å². The lowest BCUT2D eigenvalue weighted by atomic mass is 10.1. The molecule has 3 aromatic rings. The number of carbonyl (C=O) groups excluding carboxylic acids is 1. The molecule has 3 heterocycles. The standard InChI is InChI=1S/C28H41N7O2/c1-7-22-21-17-24-31-25(30-18-28(3,4)29)19(2)26(35(24)32-21)33(5)15-11-8-12-16-37-23-14-10-9-13-20(23)27(36)34(22)6/h9-10,13-14,17,22H,7-8,11-12,15-16,18,29H2,1-6H3,(H,30,31)/t22-/m0/s1. The van der Waals surface area contributed by atoms with E-state index >= 15 is 0 Å². The first-order valence-corrected chi connectivity index (χ1v) is 13.2. The molecule has 2 aromatic heterocycles. The number of amides is 1. The number of aromatic nitrogens is 3. The number of nitrogens with one attached hydrogen (secondary N) is 1. The zero-order chi connectivity index (χ0) is 26.7. The Labute approximate surface area is 220 Å². The molecule has 0 aliphatic carbocycles. The number of fused-ring (bicyclic) bond motifs is 2. The van der Waals surface area contributed by atoms with Crippen LogP contribution in [0.15, 0.2) is 30.3 Å². The molecular formula is C28H41N7O2. The van der Waals surface area contributed by atoms with Gasteiger partial charge in [-0.2, -0.15) is 9.61 Å². The van der Waals surface area contributed by atoms with E-state index in [1.807, 2.05) is 55.7 Å². The Morgan fingerprint density at radius 3 is 2.68 bits per heavy atom. The summed E-state index contributed by atoms with van der Waals surface area (Å²) in [4.78, 5) is 22.6. The third-order valence-corrected chi connectivity index (χ3v) is 6.93. The number of nitrogens with zero attached hydrogens (tertiary/aromatic N) is 5. The third-order valence-electron chi connectivity index (χ3n) is 6.93. The molecule has 37 heavy (non-hydrogen) atoms. The highest BCUT2D eigenvalue weighted by molar-refractivity contribution is 5.97. The van der Waals surface area contributed by atoms with Crippen molar-refractivity contribution in [3.63, 3.8) is 0 Å². The van der Waals surface area contributed by atoms with Crippen LogP contribution >= 0.6 is 0 Å². The van der Waals surface area contributed by atoms with Gasteiger partial charge in [-0.05, 0) is 58.6 Å². The van der Waals surface area contributed by atoms with Gasteiger partial charge in [0.15, 0.2) is 5.65 Å². The van der Waals surface area contributed by atoms with Gasteiger partial charge in [0.05, 0.1) is 23.9 Å². The Morgan fingerprint density at radius 2 is 1.95 bits per heavy atom. The van der Waals surface area contributed by atoms with Gasteiger partial charge in [0.1, 0.15) is 17.4 Å². The molecule has 1 aromatic carbocycles. The summed E-state index contributed by atoms with van der Waals surface area (Å²) in [5, 5.41) is 8.47. The van der Waals surface area contributed by atoms with Crippen LogP contribution in [-0.2, 0) is 0 Å². The fraction of sp³-hybridized carbons (Fsp3) is 0.536. The van der Waals surface area contributed by atoms with Gasteiger partial charge in [-0.1, -0.05) is 19.1 Å². The van der Waals surface area contributed by atoms with Crippen molar-refractivity contribution in [2.24, 2.45) is 5.73 Å². The quantitative estimate of drug-likeness (QED) is 0.539. The van der Waals surface area contributed by atoms with Crippen LogP contribution in [0.25, 0.3) is 5.65 Å². The van der Waals surface area contributed by atoms with Crippen LogP contribution in [-0.4, -0.2) is 64.7 Å². The molecule has 9 nitrogen and oxygen atoms in total. The van der Waals surface area contributed by atoms with Crippen molar-refractivity contribution >= 4 is 23.2 Å². The van der Waals surface area contributed by atoms with Crippen LogP contribution in [0.3, 0.4) is 0 Å². The summed E-state index contributed by atoms with van der Waals surface area (Å²) in [6.07, 6.45) is 3.66. The van der Waals surface area contributed by atoms with Gasteiger partial charge in [0.25, 0.3) is 5.91 Å². The lowest BCUT2D eigenvalue weighted by molar-refractivity contribution is 0.0718.